The lowest BCUT2D eigenvalue weighted by Gasteiger charge is -2.19. The van der Waals surface area contributed by atoms with E-state index < -0.39 is 12.0 Å². The van der Waals surface area contributed by atoms with Gasteiger partial charge in [0.25, 0.3) is 6.43 Å². The Hall–Kier alpha value is -0.960. The van der Waals surface area contributed by atoms with E-state index in [1.54, 1.807) is 32.9 Å². The lowest BCUT2D eigenvalue weighted by atomic mass is 9.94. The van der Waals surface area contributed by atoms with Gasteiger partial charge in [-0.3, -0.25) is 0 Å². The maximum absolute atomic E-state index is 12.5. The lowest BCUT2D eigenvalue weighted by molar-refractivity contribution is 0.0779. The molecule has 0 bridgehead atoms. The average Bonchev–Trinajstić information content (AvgIpc) is 2.02. The molecular weight excluding hydrogens is 186 g/mol. The normalized spacial score (nSPS) is 12.2. The van der Waals surface area contributed by atoms with Crippen molar-refractivity contribution in [3.63, 3.8) is 0 Å². The van der Waals surface area contributed by atoms with Crippen molar-refractivity contribution in [2.45, 2.75) is 32.8 Å². The SMILES string of the molecule is Cc1ccc(C(C)(C)O)cc1C(F)F. The Bertz CT molecular complexity index is 327. The summed E-state index contributed by atoms with van der Waals surface area (Å²) < 4.78 is 25.0. The zero-order valence-corrected chi connectivity index (χ0v) is 8.51. The van der Waals surface area contributed by atoms with Crippen LogP contribution in [0.5, 0.6) is 0 Å². The van der Waals surface area contributed by atoms with Crippen molar-refractivity contribution in [3.05, 3.63) is 34.9 Å². The van der Waals surface area contributed by atoms with E-state index in [9.17, 15) is 13.9 Å². The van der Waals surface area contributed by atoms with Crippen molar-refractivity contribution < 1.29 is 13.9 Å². The standard InChI is InChI=1S/C11H14F2O/c1-7-4-5-8(11(2,3)14)6-9(7)10(12)13/h4-6,10,14H,1-3H3. The number of aryl methyl sites for hydroxylation is 1. The first-order valence-corrected chi connectivity index (χ1v) is 4.44. The Kier molecular flexibility index (Phi) is 2.90. The number of aliphatic hydroxyl groups is 1. The van der Waals surface area contributed by atoms with Gasteiger partial charge < -0.3 is 5.11 Å². The van der Waals surface area contributed by atoms with Crippen LogP contribution in [0.15, 0.2) is 18.2 Å². The summed E-state index contributed by atoms with van der Waals surface area (Å²) in [4.78, 5) is 0. The van der Waals surface area contributed by atoms with E-state index in [4.69, 9.17) is 0 Å². The first-order valence-electron chi connectivity index (χ1n) is 4.44. The highest BCUT2D eigenvalue weighted by atomic mass is 19.3. The number of alkyl halides is 2. The summed E-state index contributed by atoms with van der Waals surface area (Å²) in [6.45, 7) is 4.79. The second-order valence-electron chi connectivity index (χ2n) is 3.93. The molecule has 1 nitrogen and oxygen atoms in total. The number of benzene rings is 1. The third-order valence-electron chi connectivity index (χ3n) is 2.22. The third-order valence-corrected chi connectivity index (χ3v) is 2.22. The van der Waals surface area contributed by atoms with E-state index in [1.807, 2.05) is 0 Å². The minimum absolute atomic E-state index is 0.00961. The average molecular weight is 200 g/mol. The lowest BCUT2D eigenvalue weighted by Crippen LogP contribution is -2.15. The first-order chi connectivity index (χ1) is 6.32. The van der Waals surface area contributed by atoms with Crippen molar-refractivity contribution >= 4 is 0 Å². The summed E-state index contributed by atoms with van der Waals surface area (Å²) in [6.07, 6.45) is -2.49. The number of halogens is 2. The van der Waals surface area contributed by atoms with Gasteiger partial charge in [-0.2, -0.15) is 0 Å². The zero-order chi connectivity index (χ0) is 10.9. The summed E-state index contributed by atoms with van der Waals surface area (Å²) in [5.41, 5.74) is -0.0202. The van der Waals surface area contributed by atoms with Crippen molar-refractivity contribution in [2.24, 2.45) is 0 Å². The molecule has 0 aliphatic rings. The molecule has 0 spiro atoms. The molecule has 0 saturated carbocycles. The van der Waals surface area contributed by atoms with E-state index in [-0.39, 0.29) is 5.56 Å². The molecule has 0 amide bonds. The van der Waals surface area contributed by atoms with Crippen molar-refractivity contribution in [1.29, 1.82) is 0 Å². The topological polar surface area (TPSA) is 20.2 Å². The summed E-state index contributed by atoms with van der Waals surface area (Å²) >= 11 is 0. The van der Waals surface area contributed by atoms with Crippen LogP contribution in [0.3, 0.4) is 0 Å². The Morgan fingerprint density at radius 3 is 2.29 bits per heavy atom. The predicted octanol–water partition coefficient (Wildman–Crippen LogP) is 3.16. The number of hydrogen-bond donors (Lipinski definition) is 1. The molecule has 3 heteroatoms. The molecular formula is C11H14F2O. The molecule has 0 aromatic heterocycles. The summed E-state index contributed by atoms with van der Waals surface area (Å²) in [7, 11) is 0. The fourth-order valence-electron chi connectivity index (χ4n) is 1.26. The molecule has 1 rings (SSSR count). The van der Waals surface area contributed by atoms with Gasteiger partial charge in [-0.25, -0.2) is 8.78 Å². The largest absolute Gasteiger partial charge is 0.386 e. The maximum atomic E-state index is 12.5. The van der Waals surface area contributed by atoms with Gasteiger partial charge in [-0.1, -0.05) is 12.1 Å². The second-order valence-corrected chi connectivity index (χ2v) is 3.93. The number of hydrogen-bond acceptors (Lipinski definition) is 1. The maximum Gasteiger partial charge on any atom is 0.264 e. The zero-order valence-electron chi connectivity index (χ0n) is 8.51. The highest BCUT2D eigenvalue weighted by Gasteiger charge is 2.19. The van der Waals surface area contributed by atoms with Gasteiger partial charge in [-0.15, -0.1) is 0 Å². The summed E-state index contributed by atoms with van der Waals surface area (Å²) in [6, 6.07) is 4.63. The molecule has 0 aliphatic carbocycles. The van der Waals surface area contributed by atoms with E-state index >= 15 is 0 Å². The van der Waals surface area contributed by atoms with Crippen LogP contribution in [-0.2, 0) is 5.60 Å². The highest BCUT2D eigenvalue weighted by molar-refractivity contribution is 5.34. The van der Waals surface area contributed by atoms with Gasteiger partial charge in [0.05, 0.1) is 5.60 Å². The van der Waals surface area contributed by atoms with E-state index in [2.05, 4.69) is 0 Å². The molecule has 0 radical (unpaired) electrons. The highest BCUT2D eigenvalue weighted by Crippen LogP contribution is 2.28. The van der Waals surface area contributed by atoms with Crippen LogP contribution >= 0.6 is 0 Å². The Morgan fingerprint density at radius 2 is 1.86 bits per heavy atom. The molecule has 78 valence electrons. The van der Waals surface area contributed by atoms with E-state index in [0.717, 1.165) is 0 Å². The molecule has 0 aliphatic heterocycles. The summed E-state index contributed by atoms with van der Waals surface area (Å²) in [5.74, 6) is 0. The minimum Gasteiger partial charge on any atom is -0.386 e. The Balaban J connectivity index is 3.20. The fourth-order valence-corrected chi connectivity index (χ4v) is 1.26. The summed E-state index contributed by atoms with van der Waals surface area (Å²) in [5, 5.41) is 9.64. The van der Waals surface area contributed by atoms with Gasteiger partial charge in [0.2, 0.25) is 0 Å². The molecule has 14 heavy (non-hydrogen) atoms. The Morgan fingerprint density at radius 1 is 1.29 bits per heavy atom. The molecule has 0 saturated heterocycles. The molecule has 1 aromatic rings. The third kappa shape index (κ3) is 2.29. The fraction of sp³-hybridized carbons (Fsp3) is 0.455. The predicted molar refractivity (Wildman–Crippen MR) is 51.4 cm³/mol. The quantitative estimate of drug-likeness (QED) is 0.777. The molecule has 0 heterocycles. The van der Waals surface area contributed by atoms with Crippen LogP contribution in [0.2, 0.25) is 0 Å². The molecule has 0 atom stereocenters. The van der Waals surface area contributed by atoms with Crippen molar-refractivity contribution in [3.8, 4) is 0 Å². The van der Waals surface area contributed by atoms with Gasteiger partial charge in [-0.05, 0) is 38.0 Å². The smallest absolute Gasteiger partial charge is 0.264 e. The Labute approximate surface area is 82.4 Å². The van der Waals surface area contributed by atoms with E-state index in [0.29, 0.717) is 11.1 Å². The van der Waals surface area contributed by atoms with Gasteiger partial charge in [0, 0.05) is 5.56 Å². The van der Waals surface area contributed by atoms with Gasteiger partial charge in [0.15, 0.2) is 0 Å². The number of rotatable bonds is 2. The van der Waals surface area contributed by atoms with Crippen LogP contribution in [0.25, 0.3) is 0 Å². The molecule has 0 fully saturated rings. The van der Waals surface area contributed by atoms with Crippen LogP contribution in [-0.4, -0.2) is 5.11 Å². The van der Waals surface area contributed by atoms with Gasteiger partial charge in [0.1, 0.15) is 0 Å². The monoisotopic (exact) mass is 200 g/mol. The molecule has 1 aromatic carbocycles. The molecule has 1 N–H and O–H groups in total. The minimum atomic E-state index is -2.49. The van der Waals surface area contributed by atoms with Crippen molar-refractivity contribution in [1.82, 2.24) is 0 Å². The van der Waals surface area contributed by atoms with Crippen LogP contribution in [0.4, 0.5) is 8.78 Å². The molecule has 0 unspecified atom stereocenters. The van der Waals surface area contributed by atoms with E-state index in [1.165, 1.54) is 6.07 Å². The van der Waals surface area contributed by atoms with Crippen LogP contribution < -0.4 is 0 Å². The van der Waals surface area contributed by atoms with Crippen molar-refractivity contribution in [2.75, 3.05) is 0 Å². The van der Waals surface area contributed by atoms with Crippen LogP contribution in [0.1, 0.15) is 37.0 Å². The first kappa shape index (κ1) is 11.1. The van der Waals surface area contributed by atoms with Crippen LogP contribution in [0, 0.1) is 6.92 Å². The van der Waals surface area contributed by atoms with Gasteiger partial charge >= 0.3 is 0 Å². The second kappa shape index (κ2) is 3.65.